The van der Waals surface area contributed by atoms with Crippen molar-refractivity contribution in [1.29, 1.82) is 0 Å². The molecule has 0 N–H and O–H groups in total. The zero-order valence-corrected chi connectivity index (χ0v) is 12.6. The Morgan fingerprint density at radius 3 is 2.43 bits per heavy atom. The van der Waals surface area contributed by atoms with Crippen LogP contribution in [0.5, 0.6) is 11.5 Å². The first-order valence-electron chi connectivity index (χ1n) is 7.04. The molecule has 0 aliphatic carbocycles. The maximum Gasteiger partial charge on any atom is 0.387 e. The highest BCUT2D eigenvalue weighted by atomic mass is 19.3. The summed E-state index contributed by atoms with van der Waals surface area (Å²) in [6.07, 6.45) is 1.32. The molecule has 23 heavy (non-hydrogen) atoms. The van der Waals surface area contributed by atoms with Gasteiger partial charge in [0.2, 0.25) is 0 Å². The Kier molecular flexibility index (Phi) is 6.35. The lowest BCUT2D eigenvalue weighted by Crippen LogP contribution is -2.06. The van der Waals surface area contributed by atoms with Crippen LogP contribution in [0.1, 0.15) is 11.1 Å². The SMILES string of the molecule is Cc1ccccc1OCCO/N=C/c1ccccc1OC(F)F. The molecule has 0 fully saturated rings. The minimum Gasteiger partial charge on any atom is -0.490 e. The number of aryl methyl sites for hydroxylation is 1. The van der Waals surface area contributed by atoms with E-state index in [9.17, 15) is 8.78 Å². The maximum atomic E-state index is 12.3. The number of hydrogen-bond donors (Lipinski definition) is 0. The van der Waals surface area contributed by atoms with Gasteiger partial charge in [0, 0.05) is 5.56 Å². The van der Waals surface area contributed by atoms with Crippen molar-refractivity contribution >= 4 is 6.21 Å². The normalized spacial score (nSPS) is 11.0. The van der Waals surface area contributed by atoms with Gasteiger partial charge in [-0.2, -0.15) is 8.78 Å². The van der Waals surface area contributed by atoms with Gasteiger partial charge < -0.3 is 14.3 Å². The van der Waals surface area contributed by atoms with Crippen LogP contribution in [0.15, 0.2) is 53.7 Å². The van der Waals surface area contributed by atoms with Crippen LogP contribution in [0.3, 0.4) is 0 Å². The quantitative estimate of drug-likeness (QED) is 0.419. The van der Waals surface area contributed by atoms with Crippen molar-refractivity contribution in [2.75, 3.05) is 13.2 Å². The number of benzene rings is 2. The molecular weight excluding hydrogens is 304 g/mol. The fraction of sp³-hybridized carbons (Fsp3) is 0.235. The van der Waals surface area contributed by atoms with Crippen LogP contribution in [0.4, 0.5) is 8.78 Å². The number of para-hydroxylation sites is 2. The van der Waals surface area contributed by atoms with E-state index in [4.69, 9.17) is 9.57 Å². The molecule has 0 bridgehead atoms. The van der Waals surface area contributed by atoms with E-state index in [1.54, 1.807) is 18.2 Å². The molecule has 0 aromatic heterocycles. The number of alkyl halides is 2. The fourth-order valence-corrected chi connectivity index (χ4v) is 1.84. The standard InChI is InChI=1S/C17H17F2NO3/c1-13-6-2-4-8-15(13)21-10-11-22-20-12-14-7-3-5-9-16(14)23-17(18)19/h2-9,12,17H,10-11H2,1H3/b20-12+. The van der Waals surface area contributed by atoms with Gasteiger partial charge in [0.15, 0.2) is 6.61 Å². The molecule has 0 aliphatic rings. The zero-order chi connectivity index (χ0) is 16.5. The summed E-state index contributed by atoms with van der Waals surface area (Å²) in [6, 6.07) is 14.0. The molecule has 0 spiro atoms. The molecule has 2 rings (SSSR count). The van der Waals surface area contributed by atoms with E-state index in [1.165, 1.54) is 12.3 Å². The lowest BCUT2D eigenvalue weighted by atomic mass is 10.2. The molecule has 0 saturated heterocycles. The van der Waals surface area contributed by atoms with E-state index in [2.05, 4.69) is 9.89 Å². The third-order valence-electron chi connectivity index (χ3n) is 2.93. The van der Waals surface area contributed by atoms with Crippen molar-refractivity contribution in [1.82, 2.24) is 0 Å². The molecule has 0 heterocycles. The Bertz CT molecular complexity index is 647. The fourth-order valence-electron chi connectivity index (χ4n) is 1.84. The summed E-state index contributed by atoms with van der Waals surface area (Å²) in [5.74, 6) is 0.835. The molecule has 0 amide bonds. The topological polar surface area (TPSA) is 40.0 Å². The highest BCUT2D eigenvalue weighted by molar-refractivity contribution is 5.83. The summed E-state index contributed by atoms with van der Waals surface area (Å²) in [5, 5.41) is 3.73. The smallest absolute Gasteiger partial charge is 0.387 e. The Morgan fingerprint density at radius 2 is 1.70 bits per heavy atom. The molecule has 0 aliphatic heterocycles. The second kappa shape index (κ2) is 8.73. The molecule has 0 unspecified atom stereocenters. The van der Waals surface area contributed by atoms with Crippen LogP contribution >= 0.6 is 0 Å². The lowest BCUT2D eigenvalue weighted by molar-refractivity contribution is -0.0499. The predicted molar refractivity (Wildman–Crippen MR) is 83.3 cm³/mol. The lowest BCUT2D eigenvalue weighted by Gasteiger charge is -2.08. The van der Waals surface area contributed by atoms with Gasteiger partial charge in [-0.3, -0.25) is 0 Å². The van der Waals surface area contributed by atoms with Crippen molar-refractivity contribution in [3.05, 3.63) is 59.7 Å². The number of nitrogens with zero attached hydrogens (tertiary/aromatic N) is 1. The third kappa shape index (κ3) is 5.58. The van der Waals surface area contributed by atoms with E-state index in [0.29, 0.717) is 12.2 Å². The van der Waals surface area contributed by atoms with E-state index >= 15 is 0 Å². The third-order valence-corrected chi connectivity index (χ3v) is 2.93. The summed E-state index contributed by atoms with van der Waals surface area (Å²) in [6.45, 7) is -0.359. The molecule has 2 aromatic rings. The van der Waals surface area contributed by atoms with Crippen molar-refractivity contribution in [3.63, 3.8) is 0 Å². The second-order valence-corrected chi connectivity index (χ2v) is 4.60. The first-order valence-corrected chi connectivity index (χ1v) is 7.04. The number of halogens is 2. The summed E-state index contributed by atoms with van der Waals surface area (Å²) < 4.78 is 34.5. The van der Waals surface area contributed by atoms with Crippen LogP contribution in [0.25, 0.3) is 0 Å². The number of oxime groups is 1. The molecule has 0 atom stereocenters. The molecule has 6 heteroatoms. The Labute approximate surface area is 133 Å². The second-order valence-electron chi connectivity index (χ2n) is 4.60. The van der Waals surface area contributed by atoms with Gasteiger partial charge >= 0.3 is 6.61 Å². The molecule has 122 valence electrons. The predicted octanol–water partition coefficient (Wildman–Crippen LogP) is 4.03. The van der Waals surface area contributed by atoms with Crippen LogP contribution < -0.4 is 9.47 Å². The average Bonchev–Trinajstić information content (AvgIpc) is 2.53. The van der Waals surface area contributed by atoms with E-state index in [-0.39, 0.29) is 12.4 Å². The number of rotatable bonds is 8. The van der Waals surface area contributed by atoms with Gasteiger partial charge in [-0.25, -0.2) is 0 Å². The van der Waals surface area contributed by atoms with Crippen LogP contribution in [0.2, 0.25) is 0 Å². The van der Waals surface area contributed by atoms with Crippen LogP contribution in [-0.2, 0) is 4.84 Å². The van der Waals surface area contributed by atoms with Crippen molar-refractivity contribution in [2.24, 2.45) is 5.16 Å². The highest BCUT2D eigenvalue weighted by Crippen LogP contribution is 2.18. The minimum atomic E-state index is -2.88. The molecule has 0 radical (unpaired) electrons. The summed E-state index contributed by atoms with van der Waals surface area (Å²) in [7, 11) is 0. The van der Waals surface area contributed by atoms with Gasteiger partial charge in [0.05, 0.1) is 6.21 Å². The molecule has 2 aromatic carbocycles. The Morgan fingerprint density at radius 1 is 1.00 bits per heavy atom. The summed E-state index contributed by atoms with van der Waals surface area (Å²) in [4.78, 5) is 5.06. The average molecular weight is 321 g/mol. The summed E-state index contributed by atoms with van der Waals surface area (Å²) in [5.41, 5.74) is 1.45. The first kappa shape index (κ1) is 16.7. The van der Waals surface area contributed by atoms with Crippen molar-refractivity contribution < 1.29 is 23.1 Å². The van der Waals surface area contributed by atoms with Gasteiger partial charge in [-0.1, -0.05) is 35.5 Å². The molecule has 4 nitrogen and oxygen atoms in total. The van der Waals surface area contributed by atoms with Crippen LogP contribution in [0, 0.1) is 6.92 Å². The summed E-state index contributed by atoms with van der Waals surface area (Å²) >= 11 is 0. The minimum absolute atomic E-state index is 0.0472. The molecule has 0 saturated carbocycles. The Hall–Kier alpha value is -2.63. The zero-order valence-electron chi connectivity index (χ0n) is 12.6. The van der Waals surface area contributed by atoms with E-state index in [1.807, 2.05) is 31.2 Å². The maximum absolute atomic E-state index is 12.3. The number of ether oxygens (including phenoxy) is 2. The van der Waals surface area contributed by atoms with Crippen LogP contribution in [-0.4, -0.2) is 26.0 Å². The van der Waals surface area contributed by atoms with Gasteiger partial charge in [-0.05, 0) is 30.7 Å². The van der Waals surface area contributed by atoms with Gasteiger partial charge in [0.25, 0.3) is 0 Å². The van der Waals surface area contributed by atoms with Crippen molar-refractivity contribution in [3.8, 4) is 11.5 Å². The van der Waals surface area contributed by atoms with Gasteiger partial charge in [-0.15, -0.1) is 0 Å². The first-order chi connectivity index (χ1) is 11.2. The van der Waals surface area contributed by atoms with E-state index < -0.39 is 6.61 Å². The Balaban J connectivity index is 1.78. The largest absolute Gasteiger partial charge is 0.490 e. The van der Waals surface area contributed by atoms with E-state index in [0.717, 1.165) is 11.3 Å². The van der Waals surface area contributed by atoms with Crippen molar-refractivity contribution in [2.45, 2.75) is 13.5 Å². The van der Waals surface area contributed by atoms with Gasteiger partial charge in [0.1, 0.15) is 18.1 Å². The molecular formula is C17H17F2NO3. The highest BCUT2D eigenvalue weighted by Gasteiger charge is 2.07. The number of hydrogen-bond acceptors (Lipinski definition) is 4. The monoisotopic (exact) mass is 321 g/mol.